The van der Waals surface area contributed by atoms with Crippen molar-refractivity contribution < 1.29 is 4.79 Å². The van der Waals surface area contributed by atoms with Crippen LogP contribution in [0.25, 0.3) is 0 Å². The van der Waals surface area contributed by atoms with Gasteiger partial charge in [-0.1, -0.05) is 39.0 Å². The first kappa shape index (κ1) is 15.8. The van der Waals surface area contributed by atoms with Gasteiger partial charge >= 0.3 is 0 Å². The zero-order valence-electron chi connectivity index (χ0n) is 13.1. The highest BCUT2D eigenvalue weighted by Crippen LogP contribution is 2.31. The largest absolute Gasteiger partial charge is 0.356 e. The molecule has 2 aliphatic carbocycles. The maximum absolute atomic E-state index is 12.3. The molecule has 0 saturated heterocycles. The molecule has 2 saturated carbocycles. The SMILES string of the molecule is CC1CCCC(CCNC(=O)C2CCCCC2CN)C1. The summed E-state index contributed by atoms with van der Waals surface area (Å²) in [6.45, 7) is 3.89. The third kappa shape index (κ3) is 4.47. The van der Waals surface area contributed by atoms with E-state index in [-0.39, 0.29) is 11.8 Å². The summed E-state index contributed by atoms with van der Waals surface area (Å²) in [5, 5.41) is 3.18. The number of hydrogen-bond donors (Lipinski definition) is 2. The predicted molar refractivity (Wildman–Crippen MR) is 83.3 cm³/mol. The minimum atomic E-state index is 0.180. The number of amides is 1. The van der Waals surface area contributed by atoms with Crippen LogP contribution in [0.1, 0.15) is 64.7 Å². The molecule has 0 aliphatic heterocycles. The number of carbonyl (C=O) groups is 1. The first-order valence-corrected chi connectivity index (χ1v) is 8.68. The van der Waals surface area contributed by atoms with Gasteiger partial charge in [0.05, 0.1) is 0 Å². The number of rotatable bonds is 5. The molecule has 0 heterocycles. The van der Waals surface area contributed by atoms with E-state index >= 15 is 0 Å². The Hall–Kier alpha value is -0.570. The van der Waals surface area contributed by atoms with E-state index in [1.807, 2.05) is 0 Å². The van der Waals surface area contributed by atoms with Crippen LogP contribution in [-0.2, 0) is 4.79 Å². The van der Waals surface area contributed by atoms with E-state index in [1.165, 1.54) is 38.5 Å². The second-order valence-electron chi connectivity index (χ2n) is 7.10. The van der Waals surface area contributed by atoms with Crippen molar-refractivity contribution in [1.82, 2.24) is 5.32 Å². The van der Waals surface area contributed by atoms with Gasteiger partial charge in [0.2, 0.25) is 5.91 Å². The fraction of sp³-hybridized carbons (Fsp3) is 0.941. The molecule has 20 heavy (non-hydrogen) atoms. The Morgan fingerprint density at radius 1 is 1.15 bits per heavy atom. The van der Waals surface area contributed by atoms with Crippen molar-refractivity contribution >= 4 is 5.91 Å². The van der Waals surface area contributed by atoms with Crippen molar-refractivity contribution in [2.24, 2.45) is 29.4 Å². The Kier molecular flexibility index (Phi) is 6.34. The normalized spacial score (nSPS) is 34.7. The summed E-state index contributed by atoms with van der Waals surface area (Å²) in [5.74, 6) is 2.57. The molecule has 1 amide bonds. The van der Waals surface area contributed by atoms with Gasteiger partial charge in [0.1, 0.15) is 0 Å². The van der Waals surface area contributed by atoms with Gasteiger partial charge in [0, 0.05) is 12.5 Å². The van der Waals surface area contributed by atoms with Gasteiger partial charge in [0.15, 0.2) is 0 Å². The molecule has 0 bridgehead atoms. The molecule has 2 aliphatic rings. The maximum Gasteiger partial charge on any atom is 0.223 e. The first-order valence-electron chi connectivity index (χ1n) is 8.68. The molecule has 0 aromatic carbocycles. The minimum absolute atomic E-state index is 0.180. The molecule has 0 aromatic heterocycles. The van der Waals surface area contributed by atoms with Gasteiger partial charge in [0.25, 0.3) is 0 Å². The third-order valence-electron chi connectivity index (χ3n) is 5.45. The first-order chi connectivity index (χ1) is 9.70. The summed E-state index contributed by atoms with van der Waals surface area (Å²) in [6.07, 6.45) is 11.2. The third-order valence-corrected chi connectivity index (χ3v) is 5.45. The summed E-state index contributed by atoms with van der Waals surface area (Å²) < 4.78 is 0. The lowest BCUT2D eigenvalue weighted by molar-refractivity contribution is -0.127. The van der Waals surface area contributed by atoms with Crippen LogP contribution in [0.15, 0.2) is 0 Å². The molecule has 0 spiro atoms. The van der Waals surface area contributed by atoms with E-state index in [9.17, 15) is 4.79 Å². The molecule has 3 N–H and O–H groups in total. The number of nitrogens with two attached hydrogens (primary N) is 1. The van der Waals surface area contributed by atoms with Crippen LogP contribution >= 0.6 is 0 Å². The Bertz CT molecular complexity index is 305. The zero-order valence-corrected chi connectivity index (χ0v) is 13.1. The molecule has 116 valence electrons. The predicted octanol–water partition coefficient (Wildman–Crippen LogP) is 3.08. The van der Waals surface area contributed by atoms with Crippen LogP contribution in [-0.4, -0.2) is 19.0 Å². The minimum Gasteiger partial charge on any atom is -0.356 e. The van der Waals surface area contributed by atoms with Crippen LogP contribution in [0.3, 0.4) is 0 Å². The molecule has 4 atom stereocenters. The number of hydrogen-bond acceptors (Lipinski definition) is 2. The average molecular weight is 280 g/mol. The molecule has 2 fully saturated rings. The molecule has 0 radical (unpaired) electrons. The smallest absolute Gasteiger partial charge is 0.223 e. The summed E-state index contributed by atoms with van der Waals surface area (Å²) >= 11 is 0. The molecular formula is C17H32N2O. The Morgan fingerprint density at radius 3 is 2.70 bits per heavy atom. The standard InChI is InChI=1S/C17H32N2O/c1-13-5-4-6-14(11-13)9-10-19-17(20)16-8-3-2-7-15(16)12-18/h13-16H,2-12,18H2,1H3,(H,19,20). The van der Waals surface area contributed by atoms with E-state index in [0.29, 0.717) is 12.5 Å². The van der Waals surface area contributed by atoms with Gasteiger partial charge < -0.3 is 11.1 Å². The van der Waals surface area contributed by atoms with E-state index in [0.717, 1.165) is 37.6 Å². The fourth-order valence-corrected chi connectivity index (χ4v) is 4.19. The Balaban J connectivity index is 1.68. The Labute approximate surface area is 124 Å². The lowest BCUT2D eigenvalue weighted by Gasteiger charge is -2.30. The number of carbonyl (C=O) groups excluding carboxylic acids is 1. The zero-order chi connectivity index (χ0) is 14.4. The van der Waals surface area contributed by atoms with Crippen LogP contribution in [0.4, 0.5) is 0 Å². The van der Waals surface area contributed by atoms with E-state index in [4.69, 9.17) is 5.73 Å². The van der Waals surface area contributed by atoms with E-state index < -0.39 is 0 Å². The van der Waals surface area contributed by atoms with Crippen molar-refractivity contribution in [2.75, 3.05) is 13.1 Å². The molecule has 0 aromatic rings. The van der Waals surface area contributed by atoms with Crippen LogP contribution in [0.2, 0.25) is 0 Å². The highest BCUT2D eigenvalue weighted by atomic mass is 16.1. The second kappa shape index (κ2) is 8.02. The average Bonchev–Trinajstić information content (AvgIpc) is 2.47. The van der Waals surface area contributed by atoms with Gasteiger partial charge in [-0.05, 0) is 50.0 Å². The Morgan fingerprint density at radius 2 is 1.95 bits per heavy atom. The van der Waals surface area contributed by atoms with Crippen LogP contribution in [0, 0.1) is 23.7 Å². The van der Waals surface area contributed by atoms with Crippen molar-refractivity contribution in [2.45, 2.75) is 64.7 Å². The molecule has 4 unspecified atom stereocenters. The van der Waals surface area contributed by atoms with E-state index in [2.05, 4.69) is 12.2 Å². The molecule has 2 rings (SSSR count). The summed E-state index contributed by atoms with van der Waals surface area (Å²) in [6, 6.07) is 0. The monoisotopic (exact) mass is 280 g/mol. The molecule has 3 nitrogen and oxygen atoms in total. The van der Waals surface area contributed by atoms with Crippen molar-refractivity contribution in [3.05, 3.63) is 0 Å². The lowest BCUT2D eigenvalue weighted by atomic mass is 9.78. The van der Waals surface area contributed by atoms with Gasteiger partial charge in [-0.3, -0.25) is 4.79 Å². The summed E-state index contributed by atoms with van der Waals surface area (Å²) in [7, 11) is 0. The quantitative estimate of drug-likeness (QED) is 0.813. The van der Waals surface area contributed by atoms with Crippen molar-refractivity contribution in [1.29, 1.82) is 0 Å². The van der Waals surface area contributed by atoms with Gasteiger partial charge in [-0.25, -0.2) is 0 Å². The van der Waals surface area contributed by atoms with Gasteiger partial charge in [-0.2, -0.15) is 0 Å². The molecule has 3 heteroatoms. The van der Waals surface area contributed by atoms with Crippen LogP contribution in [0.5, 0.6) is 0 Å². The van der Waals surface area contributed by atoms with E-state index in [1.54, 1.807) is 0 Å². The fourth-order valence-electron chi connectivity index (χ4n) is 4.19. The molecular weight excluding hydrogens is 248 g/mol. The summed E-state index contributed by atoms with van der Waals surface area (Å²) in [5.41, 5.74) is 5.81. The van der Waals surface area contributed by atoms with Crippen LogP contribution < -0.4 is 11.1 Å². The summed E-state index contributed by atoms with van der Waals surface area (Å²) in [4.78, 5) is 12.3. The highest BCUT2D eigenvalue weighted by molar-refractivity contribution is 5.79. The van der Waals surface area contributed by atoms with Gasteiger partial charge in [-0.15, -0.1) is 0 Å². The maximum atomic E-state index is 12.3. The van der Waals surface area contributed by atoms with Crippen molar-refractivity contribution in [3.63, 3.8) is 0 Å². The van der Waals surface area contributed by atoms with Crippen molar-refractivity contribution in [3.8, 4) is 0 Å². The number of nitrogens with one attached hydrogen (secondary N) is 1. The second-order valence-corrected chi connectivity index (χ2v) is 7.10. The lowest BCUT2D eigenvalue weighted by Crippen LogP contribution is -2.40. The topological polar surface area (TPSA) is 55.1 Å². The highest BCUT2D eigenvalue weighted by Gasteiger charge is 2.29.